The molecule has 0 aliphatic carbocycles. The predicted octanol–water partition coefficient (Wildman–Crippen LogP) is 5.26. The fourth-order valence-corrected chi connectivity index (χ4v) is 3.46. The van der Waals surface area contributed by atoms with E-state index in [1.54, 1.807) is 18.2 Å². The van der Waals surface area contributed by atoms with E-state index in [1.165, 1.54) is 0 Å². The highest BCUT2D eigenvalue weighted by Crippen LogP contribution is 2.28. The van der Waals surface area contributed by atoms with Gasteiger partial charge in [-0.3, -0.25) is 0 Å². The van der Waals surface area contributed by atoms with Crippen LogP contribution >= 0.6 is 23.2 Å². The van der Waals surface area contributed by atoms with Gasteiger partial charge in [0.1, 0.15) is 18.2 Å². The van der Waals surface area contributed by atoms with Gasteiger partial charge in [0.15, 0.2) is 0 Å². The average Bonchev–Trinajstić information content (AvgIpc) is 2.99. The number of aromatic nitrogens is 2. The molecule has 0 bridgehead atoms. The molecule has 1 aromatic heterocycles. The normalized spacial score (nSPS) is 11.4. The van der Waals surface area contributed by atoms with Gasteiger partial charge < -0.3 is 14.2 Å². The van der Waals surface area contributed by atoms with E-state index in [1.807, 2.05) is 18.2 Å². The number of para-hydroxylation sites is 2. The van der Waals surface area contributed by atoms with Crippen molar-refractivity contribution in [2.24, 2.45) is 0 Å². The molecule has 3 aromatic rings. The van der Waals surface area contributed by atoms with Gasteiger partial charge in [0.2, 0.25) is 0 Å². The van der Waals surface area contributed by atoms with E-state index >= 15 is 0 Å². The summed E-state index contributed by atoms with van der Waals surface area (Å²) in [4.78, 5) is 7.15. The average molecular weight is 392 g/mol. The summed E-state index contributed by atoms with van der Waals surface area (Å²) in [5.41, 5.74) is 2.10. The van der Waals surface area contributed by atoms with Gasteiger partial charge in [-0.1, -0.05) is 49.2 Å². The number of halogens is 2. The molecule has 0 atom stereocenters. The number of fused-ring (bicyclic) bond motifs is 1. The highest BCUT2D eigenvalue weighted by Gasteiger charge is 2.13. The van der Waals surface area contributed by atoms with E-state index in [9.17, 15) is 0 Å². The molecule has 0 radical (unpaired) electrons. The molecule has 0 aliphatic heterocycles. The summed E-state index contributed by atoms with van der Waals surface area (Å²) in [6, 6.07) is 13.4. The third-order valence-electron chi connectivity index (χ3n) is 4.52. The van der Waals surface area contributed by atoms with Crippen LogP contribution in [0.3, 0.4) is 0 Å². The maximum atomic E-state index is 6.21. The molecule has 0 N–H and O–H groups in total. The Morgan fingerprint density at radius 2 is 1.85 bits per heavy atom. The number of hydrogen-bond acceptors (Lipinski definition) is 3. The smallest absolute Gasteiger partial charge is 0.148 e. The molecular weight excluding hydrogens is 369 g/mol. The summed E-state index contributed by atoms with van der Waals surface area (Å²) in [6.07, 6.45) is 0. The number of benzene rings is 2. The number of ether oxygens (including phenoxy) is 1. The lowest BCUT2D eigenvalue weighted by molar-refractivity contribution is 0.271. The minimum Gasteiger partial charge on any atom is -0.484 e. The van der Waals surface area contributed by atoms with E-state index in [4.69, 9.17) is 32.9 Å². The fraction of sp³-hybridized carbons (Fsp3) is 0.350. The Balaban J connectivity index is 1.83. The maximum absolute atomic E-state index is 6.21. The second-order valence-corrected chi connectivity index (χ2v) is 6.90. The topological polar surface area (TPSA) is 30.3 Å². The van der Waals surface area contributed by atoms with E-state index in [0.717, 1.165) is 43.0 Å². The molecule has 0 fully saturated rings. The number of imidazole rings is 1. The first-order valence-electron chi connectivity index (χ1n) is 8.86. The van der Waals surface area contributed by atoms with Crippen molar-refractivity contribution < 1.29 is 4.74 Å². The third kappa shape index (κ3) is 4.32. The van der Waals surface area contributed by atoms with Gasteiger partial charge in [0.25, 0.3) is 0 Å². The Hall–Kier alpha value is -1.75. The minimum atomic E-state index is 0.355. The Kier molecular flexibility index (Phi) is 6.41. The molecule has 1 heterocycles. The fourth-order valence-electron chi connectivity index (χ4n) is 3.00. The quantitative estimate of drug-likeness (QED) is 0.524. The number of likely N-dealkylation sites (N-methyl/N-ethyl adjacent to an activating group) is 1. The van der Waals surface area contributed by atoms with Gasteiger partial charge in [-0.15, -0.1) is 0 Å². The third-order valence-corrected chi connectivity index (χ3v) is 5.05. The Labute approximate surface area is 164 Å². The maximum Gasteiger partial charge on any atom is 0.148 e. The van der Waals surface area contributed by atoms with Crippen LogP contribution in [0, 0.1) is 0 Å². The van der Waals surface area contributed by atoms with Crippen molar-refractivity contribution in [1.29, 1.82) is 0 Å². The van der Waals surface area contributed by atoms with Crippen LogP contribution in [-0.2, 0) is 13.2 Å². The molecule has 3 rings (SSSR count). The molecule has 0 saturated carbocycles. The molecule has 4 nitrogen and oxygen atoms in total. The Morgan fingerprint density at radius 3 is 2.58 bits per heavy atom. The zero-order chi connectivity index (χ0) is 18.5. The van der Waals surface area contributed by atoms with E-state index in [-0.39, 0.29) is 0 Å². The Morgan fingerprint density at radius 1 is 1.08 bits per heavy atom. The monoisotopic (exact) mass is 391 g/mol. The van der Waals surface area contributed by atoms with Crippen molar-refractivity contribution in [3.63, 3.8) is 0 Å². The zero-order valence-corrected chi connectivity index (χ0v) is 16.6. The first-order valence-corrected chi connectivity index (χ1v) is 9.62. The van der Waals surface area contributed by atoms with Crippen molar-refractivity contribution in [3.8, 4) is 5.75 Å². The second kappa shape index (κ2) is 8.76. The van der Waals surface area contributed by atoms with Gasteiger partial charge in [-0.25, -0.2) is 4.98 Å². The van der Waals surface area contributed by atoms with Crippen molar-refractivity contribution in [3.05, 3.63) is 58.3 Å². The van der Waals surface area contributed by atoms with Crippen molar-refractivity contribution in [2.75, 3.05) is 19.6 Å². The van der Waals surface area contributed by atoms with Crippen LogP contribution in [0.5, 0.6) is 5.75 Å². The summed E-state index contributed by atoms with van der Waals surface area (Å²) < 4.78 is 8.15. The first-order chi connectivity index (χ1) is 12.6. The molecular formula is C20H23Cl2N3O. The summed E-state index contributed by atoms with van der Waals surface area (Å²) in [7, 11) is 0. The zero-order valence-electron chi connectivity index (χ0n) is 15.1. The molecule has 0 unspecified atom stereocenters. The van der Waals surface area contributed by atoms with Gasteiger partial charge in [0.05, 0.1) is 16.1 Å². The molecule has 26 heavy (non-hydrogen) atoms. The molecule has 2 aromatic carbocycles. The standard InChI is InChI=1S/C20H23Cl2N3O/c1-3-24(4-2)11-12-25-18-8-6-5-7-17(18)23-20(25)14-26-19-10-9-15(21)13-16(19)22/h5-10,13H,3-4,11-12,14H2,1-2H3. The summed E-state index contributed by atoms with van der Waals surface area (Å²) >= 11 is 12.2. The number of hydrogen-bond donors (Lipinski definition) is 0. The van der Waals surface area contributed by atoms with E-state index in [2.05, 4.69) is 29.4 Å². The summed E-state index contributed by atoms with van der Waals surface area (Å²) in [5.74, 6) is 1.50. The van der Waals surface area contributed by atoms with Gasteiger partial charge in [-0.2, -0.15) is 0 Å². The van der Waals surface area contributed by atoms with Crippen LogP contribution in [0.15, 0.2) is 42.5 Å². The lowest BCUT2D eigenvalue weighted by Crippen LogP contribution is -2.27. The molecule has 6 heteroatoms. The van der Waals surface area contributed by atoms with E-state index in [0.29, 0.717) is 22.4 Å². The van der Waals surface area contributed by atoms with Crippen molar-refractivity contribution in [1.82, 2.24) is 14.5 Å². The summed E-state index contributed by atoms with van der Waals surface area (Å²) in [5, 5.41) is 1.09. The van der Waals surface area contributed by atoms with E-state index < -0.39 is 0 Å². The minimum absolute atomic E-state index is 0.355. The highest BCUT2D eigenvalue weighted by atomic mass is 35.5. The molecule has 0 spiro atoms. The van der Waals surface area contributed by atoms with Gasteiger partial charge in [-0.05, 0) is 43.4 Å². The molecule has 0 aliphatic rings. The number of rotatable bonds is 8. The first kappa shape index (κ1) is 19.0. The molecule has 0 amide bonds. The molecule has 138 valence electrons. The second-order valence-electron chi connectivity index (χ2n) is 6.06. The lowest BCUT2D eigenvalue weighted by atomic mass is 10.3. The largest absolute Gasteiger partial charge is 0.484 e. The van der Waals surface area contributed by atoms with Crippen molar-refractivity contribution >= 4 is 34.2 Å². The van der Waals surface area contributed by atoms with Crippen LogP contribution in [0.4, 0.5) is 0 Å². The van der Waals surface area contributed by atoms with Crippen LogP contribution in [0.25, 0.3) is 11.0 Å². The van der Waals surface area contributed by atoms with Crippen LogP contribution in [0.2, 0.25) is 10.0 Å². The van der Waals surface area contributed by atoms with Crippen LogP contribution < -0.4 is 4.74 Å². The number of nitrogens with zero attached hydrogens (tertiary/aromatic N) is 3. The highest BCUT2D eigenvalue weighted by molar-refractivity contribution is 6.35. The van der Waals surface area contributed by atoms with Crippen LogP contribution in [0.1, 0.15) is 19.7 Å². The van der Waals surface area contributed by atoms with Crippen molar-refractivity contribution in [2.45, 2.75) is 27.0 Å². The molecule has 0 saturated heterocycles. The van der Waals surface area contributed by atoms with Gasteiger partial charge in [0, 0.05) is 18.1 Å². The lowest BCUT2D eigenvalue weighted by Gasteiger charge is -2.19. The van der Waals surface area contributed by atoms with Crippen LogP contribution in [-0.4, -0.2) is 34.1 Å². The summed E-state index contributed by atoms with van der Waals surface area (Å²) in [6.45, 7) is 8.64. The Bertz CT molecular complexity index is 875. The predicted molar refractivity (Wildman–Crippen MR) is 108 cm³/mol. The van der Waals surface area contributed by atoms with Gasteiger partial charge >= 0.3 is 0 Å². The SMILES string of the molecule is CCN(CC)CCn1c(COc2ccc(Cl)cc2Cl)nc2ccccc21.